The molecule has 3 aliphatic rings. The van der Waals surface area contributed by atoms with E-state index in [-0.39, 0.29) is 48.0 Å². The van der Waals surface area contributed by atoms with Crippen LogP contribution in [0.5, 0.6) is 0 Å². The highest BCUT2D eigenvalue weighted by molar-refractivity contribution is 6.33. The zero-order valence-corrected chi connectivity index (χ0v) is 13.9. The molecule has 4 atom stereocenters. The number of carbonyl (C=O) groups is 2. The number of alkyl halides is 3. The lowest BCUT2D eigenvalue weighted by atomic mass is 9.85. The molecule has 4 heterocycles. The summed E-state index contributed by atoms with van der Waals surface area (Å²) in [6.07, 6.45) is -0.978. The van der Waals surface area contributed by atoms with Crippen LogP contribution in [0, 0.1) is 11.8 Å². The first kappa shape index (κ1) is 17.3. The number of ether oxygens (including phenoxy) is 1. The Morgan fingerprint density at radius 2 is 1.81 bits per heavy atom. The predicted molar refractivity (Wildman–Crippen MR) is 84.2 cm³/mol. The van der Waals surface area contributed by atoms with Crippen molar-refractivity contribution in [2.24, 2.45) is 11.8 Å². The van der Waals surface area contributed by atoms with Crippen molar-refractivity contribution in [1.82, 2.24) is 9.88 Å². The fourth-order valence-corrected chi connectivity index (χ4v) is 3.83. The molecular weight excluding hydrogens is 375 g/mol. The quantitative estimate of drug-likeness (QED) is 0.633. The van der Waals surface area contributed by atoms with E-state index in [1.165, 1.54) is 0 Å². The van der Waals surface area contributed by atoms with Gasteiger partial charge in [0, 0.05) is 19.3 Å². The summed E-state index contributed by atoms with van der Waals surface area (Å²) in [5.41, 5.74) is -0.950. The Kier molecular flexibility index (Phi) is 3.96. The average molecular weight is 388 g/mol. The number of nitrogens with one attached hydrogen (secondary N) is 1. The number of aromatic nitrogens is 1. The van der Waals surface area contributed by atoms with Crippen LogP contribution in [-0.4, -0.2) is 47.0 Å². The number of likely N-dealkylation sites (tertiary alicyclic amines) is 1. The summed E-state index contributed by atoms with van der Waals surface area (Å²) in [5.74, 6) is -1.48. The Morgan fingerprint density at radius 1 is 1.19 bits per heavy atom. The molecule has 26 heavy (non-hydrogen) atoms. The molecule has 2 fully saturated rings. The Balaban J connectivity index is 1.39. The van der Waals surface area contributed by atoms with Crippen molar-refractivity contribution in [3.8, 4) is 0 Å². The van der Waals surface area contributed by atoms with E-state index < -0.39 is 23.6 Å². The normalized spacial score (nSPS) is 29.6. The standard InChI is InChI=1S/C16H13ClF3N3O3/c17-8-5-7(16(18,19)20)6-22-13(8)21-3-4-23-14(24)11-9-1-2-10(26-9)12(11)15(23)25/h1-2,5-6,9-12H,3-4H2,(H,21,22)/t9-,10-,11-,12+/m1/s1. The summed E-state index contributed by atoms with van der Waals surface area (Å²) >= 11 is 5.82. The molecule has 0 spiro atoms. The molecule has 1 aromatic heterocycles. The van der Waals surface area contributed by atoms with Crippen molar-refractivity contribution in [3.05, 3.63) is 35.0 Å². The van der Waals surface area contributed by atoms with E-state index in [0.29, 0.717) is 6.20 Å². The topological polar surface area (TPSA) is 71.5 Å². The van der Waals surface area contributed by atoms with Gasteiger partial charge in [0.1, 0.15) is 5.82 Å². The minimum Gasteiger partial charge on any atom is -0.367 e. The van der Waals surface area contributed by atoms with Crippen LogP contribution < -0.4 is 5.32 Å². The van der Waals surface area contributed by atoms with Crippen LogP contribution in [0.2, 0.25) is 5.02 Å². The maximum Gasteiger partial charge on any atom is 0.417 e. The van der Waals surface area contributed by atoms with Crippen LogP contribution in [0.15, 0.2) is 24.4 Å². The Labute approximate surface area is 151 Å². The van der Waals surface area contributed by atoms with Gasteiger partial charge in [-0.05, 0) is 6.07 Å². The number of fused-ring (bicyclic) bond motifs is 5. The lowest BCUT2D eigenvalue weighted by Crippen LogP contribution is -2.37. The van der Waals surface area contributed by atoms with Gasteiger partial charge in [-0.1, -0.05) is 23.8 Å². The lowest BCUT2D eigenvalue weighted by Gasteiger charge is -2.18. The van der Waals surface area contributed by atoms with Gasteiger partial charge < -0.3 is 10.1 Å². The number of hydrogen-bond acceptors (Lipinski definition) is 5. The first-order valence-electron chi connectivity index (χ1n) is 7.93. The average Bonchev–Trinajstić information content (AvgIpc) is 3.24. The summed E-state index contributed by atoms with van der Waals surface area (Å²) in [6.45, 7) is 0.196. The third-order valence-corrected chi connectivity index (χ3v) is 5.09. The molecule has 0 aromatic carbocycles. The van der Waals surface area contributed by atoms with Gasteiger partial charge in [-0.3, -0.25) is 14.5 Å². The highest BCUT2D eigenvalue weighted by Gasteiger charge is 2.60. The molecule has 3 aliphatic heterocycles. The second-order valence-electron chi connectivity index (χ2n) is 6.31. The number of anilines is 1. The molecule has 2 bridgehead atoms. The van der Waals surface area contributed by atoms with Crippen molar-refractivity contribution in [2.45, 2.75) is 18.4 Å². The van der Waals surface area contributed by atoms with Gasteiger partial charge in [-0.15, -0.1) is 0 Å². The molecule has 0 unspecified atom stereocenters. The first-order chi connectivity index (χ1) is 12.3. The van der Waals surface area contributed by atoms with Crippen LogP contribution in [0.1, 0.15) is 5.56 Å². The molecule has 0 radical (unpaired) electrons. The van der Waals surface area contributed by atoms with Gasteiger partial charge in [-0.2, -0.15) is 13.2 Å². The number of pyridine rings is 1. The number of carbonyl (C=O) groups excluding carboxylic acids is 2. The number of rotatable bonds is 4. The number of amides is 2. The van der Waals surface area contributed by atoms with Gasteiger partial charge in [0.25, 0.3) is 0 Å². The zero-order chi connectivity index (χ0) is 18.6. The van der Waals surface area contributed by atoms with E-state index in [4.69, 9.17) is 16.3 Å². The van der Waals surface area contributed by atoms with E-state index >= 15 is 0 Å². The van der Waals surface area contributed by atoms with Gasteiger partial charge in [-0.25, -0.2) is 4.98 Å². The second kappa shape index (κ2) is 5.95. The molecule has 10 heteroatoms. The molecule has 2 saturated heterocycles. The molecule has 6 nitrogen and oxygen atoms in total. The van der Waals surface area contributed by atoms with Crippen LogP contribution >= 0.6 is 11.6 Å². The van der Waals surface area contributed by atoms with Gasteiger partial charge in [0.2, 0.25) is 11.8 Å². The highest BCUT2D eigenvalue weighted by Crippen LogP contribution is 2.44. The minimum atomic E-state index is -4.53. The van der Waals surface area contributed by atoms with Crippen molar-refractivity contribution in [3.63, 3.8) is 0 Å². The van der Waals surface area contributed by atoms with Gasteiger partial charge in [0.15, 0.2) is 0 Å². The van der Waals surface area contributed by atoms with Crippen molar-refractivity contribution in [1.29, 1.82) is 0 Å². The third kappa shape index (κ3) is 2.66. The van der Waals surface area contributed by atoms with Crippen LogP contribution in [0.25, 0.3) is 0 Å². The minimum absolute atomic E-state index is 0.0593. The van der Waals surface area contributed by atoms with Crippen LogP contribution in [0.4, 0.5) is 19.0 Å². The zero-order valence-electron chi connectivity index (χ0n) is 13.2. The van der Waals surface area contributed by atoms with E-state index in [0.717, 1.165) is 11.0 Å². The first-order valence-corrected chi connectivity index (χ1v) is 8.31. The van der Waals surface area contributed by atoms with E-state index in [9.17, 15) is 22.8 Å². The summed E-state index contributed by atoms with van der Waals surface area (Å²) < 4.78 is 43.4. The highest BCUT2D eigenvalue weighted by atomic mass is 35.5. The molecule has 0 aliphatic carbocycles. The fraction of sp³-hybridized carbons (Fsp3) is 0.438. The summed E-state index contributed by atoms with van der Waals surface area (Å²) in [6, 6.07) is 0.772. The number of hydrogen-bond donors (Lipinski definition) is 1. The van der Waals surface area contributed by atoms with Gasteiger partial charge in [0.05, 0.1) is 34.6 Å². The van der Waals surface area contributed by atoms with Crippen molar-refractivity contribution < 1.29 is 27.5 Å². The Hall–Kier alpha value is -2.13. The Morgan fingerprint density at radius 3 is 2.35 bits per heavy atom. The SMILES string of the molecule is O=C1[C@@H]2[C@H](C(=O)N1CCNc1ncc(C(F)(F)F)cc1Cl)[C@H]1C=C[C@H]2O1. The lowest BCUT2D eigenvalue weighted by molar-refractivity contribution is -0.142. The van der Waals surface area contributed by atoms with Crippen molar-refractivity contribution >= 4 is 29.2 Å². The van der Waals surface area contributed by atoms with Crippen LogP contribution in [-0.2, 0) is 20.5 Å². The summed E-state index contributed by atoms with van der Waals surface area (Å²) in [5, 5.41) is 2.57. The second-order valence-corrected chi connectivity index (χ2v) is 6.72. The largest absolute Gasteiger partial charge is 0.417 e. The van der Waals surface area contributed by atoms with Crippen molar-refractivity contribution in [2.75, 3.05) is 18.4 Å². The summed E-state index contributed by atoms with van der Waals surface area (Å²) in [7, 11) is 0. The molecular formula is C16H13ClF3N3O3. The number of halogens is 4. The monoisotopic (exact) mass is 387 g/mol. The van der Waals surface area contributed by atoms with Crippen LogP contribution in [0.3, 0.4) is 0 Å². The maximum atomic E-state index is 12.6. The molecule has 2 amide bonds. The summed E-state index contributed by atoms with van der Waals surface area (Å²) in [4.78, 5) is 29.7. The number of nitrogens with zero attached hydrogens (tertiary/aromatic N) is 2. The van der Waals surface area contributed by atoms with E-state index in [2.05, 4.69) is 10.3 Å². The van der Waals surface area contributed by atoms with E-state index in [1.54, 1.807) is 12.2 Å². The molecule has 4 rings (SSSR count). The fourth-order valence-electron chi connectivity index (χ4n) is 3.59. The molecule has 1 aromatic rings. The number of imide groups is 1. The van der Waals surface area contributed by atoms with Gasteiger partial charge >= 0.3 is 6.18 Å². The predicted octanol–water partition coefficient (Wildman–Crippen LogP) is 2.10. The Bertz CT molecular complexity index is 784. The third-order valence-electron chi connectivity index (χ3n) is 4.80. The molecule has 138 valence electrons. The molecule has 0 saturated carbocycles. The smallest absolute Gasteiger partial charge is 0.367 e. The maximum absolute atomic E-state index is 12.6. The van der Waals surface area contributed by atoms with E-state index in [1.807, 2.05) is 0 Å². The molecule has 1 N–H and O–H groups in total.